The summed E-state index contributed by atoms with van der Waals surface area (Å²) in [6.45, 7) is 4.38. The van der Waals surface area contributed by atoms with E-state index in [-0.39, 0.29) is 19.4 Å². The van der Waals surface area contributed by atoms with Crippen molar-refractivity contribution in [3.63, 3.8) is 0 Å². The number of aromatic nitrogens is 2. The van der Waals surface area contributed by atoms with Crippen molar-refractivity contribution in [2.45, 2.75) is 44.0 Å². The average Bonchev–Trinajstić information content (AvgIpc) is 2.74. The predicted octanol–water partition coefficient (Wildman–Crippen LogP) is -0.112. The fourth-order valence-corrected chi connectivity index (χ4v) is 3.45. The Labute approximate surface area is 196 Å². The molecule has 11 nitrogen and oxygen atoms in total. The molecular formula is C22H26N4O7S. The Morgan fingerprint density at radius 3 is 2.44 bits per heavy atom. The lowest BCUT2D eigenvalue weighted by Gasteiger charge is -2.25. The Bertz CT molecular complexity index is 1350. The molecule has 0 spiro atoms. The molecule has 1 amide bonds. The molecule has 1 heterocycles. The number of aryl methyl sites for hydroxylation is 1. The fourth-order valence-electron chi connectivity index (χ4n) is 2.61. The van der Waals surface area contributed by atoms with Crippen molar-refractivity contribution in [3.05, 3.63) is 40.4 Å². The molecule has 0 radical (unpaired) electrons. The van der Waals surface area contributed by atoms with Crippen LogP contribution >= 0.6 is 0 Å². The summed E-state index contributed by atoms with van der Waals surface area (Å²) in [7, 11) is -3.87. The SMILES string of the molecule is CC(C)(N)C#CC#Cc1ccc2c(=O)n(CCC(C)(C(=O)NO)S(C)(=O)=O)cnc2c1.O=CO. The van der Waals surface area contributed by atoms with Crippen LogP contribution in [0.5, 0.6) is 0 Å². The van der Waals surface area contributed by atoms with E-state index < -0.39 is 31.6 Å². The number of nitrogens with two attached hydrogens (primary N) is 1. The third-order valence-corrected chi connectivity index (χ3v) is 6.74. The summed E-state index contributed by atoms with van der Waals surface area (Å²) in [6, 6.07) is 4.86. The van der Waals surface area contributed by atoms with Gasteiger partial charge in [0.05, 0.1) is 22.8 Å². The Hall–Kier alpha value is -3.71. The molecule has 0 bridgehead atoms. The van der Waals surface area contributed by atoms with Crippen molar-refractivity contribution in [2.75, 3.05) is 6.26 Å². The zero-order chi connectivity index (χ0) is 26.2. The maximum Gasteiger partial charge on any atom is 0.290 e. The molecule has 2 aromatic rings. The number of hydrogen-bond donors (Lipinski definition) is 4. The number of nitrogens with zero attached hydrogens (tertiary/aromatic N) is 2. The quantitative estimate of drug-likeness (QED) is 0.192. The zero-order valence-electron chi connectivity index (χ0n) is 19.1. The van der Waals surface area contributed by atoms with Crippen molar-refractivity contribution in [2.24, 2.45) is 5.73 Å². The first-order chi connectivity index (χ1) is 15.7. The maximum atomic E-state index is 12.8. The molecule has 0 saturated carbocycles. The van der Waals surface area contributed by atoms with Crippen LogP contribution in [-0.2, 0) is 26.0 Å². The number of hydrogen-bond acceptors (Lipinski definition) is 8. The maximum absolute atomic E-state index is 12.8. The highest BCUT2D eigenvalue weighted by Gasteiger charge is 2.43. The third-order valence-electron chi connectivity index (χ3n) is 4.71. The Balaban J connectivity index is 0.00000182. The first-order valence-electron chi connectivity index (χ1n) is 9.73. The largest absolute Gasteiger partial charge is 0.483 e. The summed E-state index contributed by atoms with van der Waals surface area (Å²) >= 11 is 0. The van der Waals surface area contributed by atoms with Crippen LogP contribution < -0.4 is 16.8 Å². The molecule has 2 rings (SSSR count). The lowest BCUT2D eigenvalue weighted by atomic mass is 10.1. The molecule has 5 N–H and O–H groups in total. The van der Waals surface area contributed by atoms with Gasteiger partial charge in [0, 0.05) is 18.4 Å². The smallest absolute Gasteiger partial charge is 0.290 e. The second kappa shape index (κ2) is 11.4. The normalized spacial score (nSPS) is 12.5. The van der Waals surface area contributed by atoms with E-state index in [1.54, 1.807) is 32.0 Å². The van der Waals surface area contributed by atoms with E-state index in [2.05, 4.69) is 28.7 Å². The van der Waals surface area contributed by atoms with Crippen LogP contribution in [0.25, 0.3) is 10.9 Å². The lowest BCUT2D eigenvalue weighted by Crippen LogP contribution is -2.50. The van der Waals surface area contributed by atoms with E-state index in [9.17, 15) is 18.0 Å². The second-order valence-corrected chi connectivity index (χ2v) is 10.4. The number of nitrogens with one attached hydrogen (secondary N) is 1. The average molecular weight is 491 g/mol. The number of carboxylic acid groups (broad SMARTS) is 1. The number of benzene rings is 1. The van der Waals surface area contributed by atoms with Crippen molar-refractivity contribution in [1.82, 2.24) is 15.0 Å². The fraction of sp³-hybridized carbons (Fsp3) is 0.364. The molecule has 0 aliphatic rings. The topological polar surface area (TPSA) is 182 Å². The number of sulfone groups is 1. The minimum Gasteiger partial charge on any atom is -0.483 e. The molecule has 1 atom stereocenters. The molecule has 182 valence electrons. The molecule has 1 aromatic carbocycles. The van der Waals surface area contributed by atoms with Crippen LogP contribution in [0, 0.1) is 23.7 Å². The van der Waals surface area contributed by atoms with Gasteiger partial charge < -0.3 is 10.8 Å². The second-order valence-electron chi connectivity index (χ2n) is 8.00. The van der Waals surface area contributed by atoms with Crippen LogP contribution in [-0.4, -0.2) is 57.2 Å². The summed E-state index contributed by atoms with van der Waals surface area (Å²) in [4.78, 5) is 37.3. The predicted molar refractivity (Wildman–Crippen MR) is 125 cm³/mol. The zero-order valence-corrected chi connectivity index (χ0v) is 19.9. The van der Waals surface area contributed by atoms with E-state index in [4.69, 9.17) is 20.8 Å². The monoisotopic (exact) mass is 490 g/mol. The van der Waals surface area contributed by atoms with Gasteiger partial charge in [0.25, 0.3) is 17.9 Å². The van der Waals surface area contributed by atoms with Crippen molar-refractivity contribution >= 4 is 33.1 Å². The number of carbonyl (C=O) groups is 2. The highest BCUT2D eigenvalue weighted by molar-refractivity contribution is 7.92. The van der Waals surface area contributed by atoms with E-state index in [0.717, 1.165) is 6.26 Å². The number of carbonyl (C=O) groups excluding carboxylic acids is 1. The van der Waals surface area contributed by atoms with Gasteiger partial charge in [-0.2, -0.15) is 0 Å². The van der Waals surface area contributed by atoms with E-state index in [1.807, 2.05) is 0 Å². The van der Waals surface area contributed by atoms with Gasteiger partial charge in [0.1, 0.15) is 0 Å². The summed E-state index contributed by atoms with van der Waals surface area (Å²) in [5.41, 5.74) is 7.14. The Morgan fingerprint density at radius 1 is 1.29 bits per heavy atom. The first kappa shape index (κ1) is 28.3. The van der Waals surface area contributed by atoms with Gasteiger partial charge in [0.2, 0.25) is 0 Å². The molecule has 0 aliphatic carbocycles. The van der Waals surface area contributed by atoms with Crippen LogP contribution in [0.3, 0.4) is 0 Å². The minimum absolute atomic E-state index is 0.0925. The Morgan fingerprint density at radius 2 is 1.91 bits per heavy atom. The van der Waals surface area contributed by atoms with Crippen molar-refractivity contribution < 1.29 is 28.3 Å². The summed E-state index contributed by atoms with van der Waals surface area (Å²) in [5.74, 6) is 9.96. The van der Waals surface area contributed by atoms with Gasteiger partial charge in [-0.3, -0.25) is 24.2 Å². The summed E-state index contributed by atoms with van der Waals surface area (Å²) in [6.07, 6.45) is 1.94. The number of fused-ring (bicyclic) bond motifs is 1. The van der Waals surface area contributed by atoms with Crippen LogP contribution in [0.4, 0.5) is 0 Å². The number of hydroxylamine groups is 1. The Kier molecular flexibility index (Phi) is 9.52. The van der Waals surface area contributed by atoms with Crippen molar-refractivity contribution in [1.29, 1.82) is 0 Å². The highest BCUT2D eigenvalue weighted by atomic mass is 32.2. The summed E-state index contributed by atoms with van der Waals surface area (Å²) in [5, 5.41) is 16.1. The standard InChI is InChI=1S/C21H24N4O5S.CH2O2/c1-20(2,22)10-6-5-7-15-8-9-16-17(13-15)23-14-25(18(16)26)12-11-21(3,19(27)24-28)31(4,29)30;2-1-3/h8-9,13-14,28H,11-12,22H2,1-4H3,(H,24,27);1H,(H,2,3). The van der Waals surface area contributed by atoms with Crippen LogP contribution in [0.2, 0.25) is 0 Å². The molecule has 1 unspecified atom stereocenters. The van der Waals surface area contributed by atoms with Gasteiger partial charge in [-0.15, -0.1) is 0 Å². The first-order valence-corrected chi connectivity index (χ1v) is 11.6. The number of amides is 1. The third kappa shape index (κ3) is 7.42. The van der Waals surface area contributed by atoms with Crippen LogP contribution in [0.1, 0.15) is 32.8 Å². The van der Waals surface area contributed by atoms with E-state index in [1.165, 1.54) is 23.3 Å². The summed E-state index contributed by atoms with van der Waals surface area (Å²) < 4.78 is 23.4. The highest BCUT2D eigenvalue weighted by Crippen LogP contribution is 2.22. The van der Waals surface area contributed by atoms with Gasteiger partial charge in [-0.1, -0.05) is 11.8 Å². The molecule has 0 aliphatic heterocycles. The minimum atomic E-state index is -3.87. The molecular weight excluding hydrogens is 464 g/mol. The van der Waals surface area contributed by atoms with Gasteiger partial charge in [-0.05, 0) is 57.2 Å². The van der Waals surface area contributed by atoms with E-state index in [0.29, 0.717) is 16.5 Å². The molecule has 1 aromatic heterocycles. The molecule has 0 saturated heterocycles. The van der Waals surface area contributed by atoms with Crippen LogP contribution in [0.15, 0.2) is 29.3 Å². The molecule has 12 heteroatoms. The lowest BCUT2D eigenvalue weighted by molar-refractivity contribution is -0.131. The van der Waals surface area contributed by atoms with Gasteiger partial charge in [0.15, 0.2) is 14.6 Å². The van der Waals surface area contributed by atoms with Gasteiger partial charge in [-0.25, -0.2) is 18.9 Å². The molecule has 34 heavy (non-hydrogen) atoms. The van der Waals surface area contributed by atoms with Gasteiger partial charge >= 0.3 is 0 Å². The van der Waals surface area contributed by atoms with Crippen molar-refractivity contribution in [3.8, 4) is 23.7 Å². The number of rotatable bonds is 5. The van der Waals surface area contributed by atoms with E-state index >= 15 is 0 Å². The molecule has 0 fully saturated rings.